The highest BCUT2D eigenvalue weighted by molar-refractivity contribution is 7.98. The highest BCUT2D eigenvalue weighted by Gasteiger charge is 2.09. The zero-order valence-electron chi connectivity index (χ0n) is 14.5. The average Bonchev–Trinajstić information content (AvgIpc) is 3.12. The molecule has 0 aliphatic carbocycles. The van der Waals surface area contributed by atoms with Crippen molar-refractivity contribution in [3.05, 3.63) is 72.3 Å². The summed E-state index contributed by atoms with van der Waals surface area (Å²) < 4.78 is 1.78. The van der Waals surface area contributed by atoms with Gasteiger partial charge in [0.15, 0.2) is 11.5 Å². The summed E-state index contributed by atoms with van der Waals surface area (Å²) in [6.45, 7) is 0.819. The van der Waals surface area contributed by atoms with Gasteiger partial charge < -0.3 is 5.32 Å². The molecule has 0 atom stereocenters. The first-order valence-electron chi connectivity index (χ1n) is 8.48. The quantitative estimate of drug-likeness (QED) is 0.523. The molecule has 0 radical (unpaired) electrons. The van der Waals surface area contributed by atoms with Crippen molar-refractivity contribution in [1.82, 2.24) is 19.8 Å². The summed E-state index contributed by atoms with van der Waals surface area (Å²) in [4.78, 5) is 1.29. The van der Waals surface area contributed by atoms with Crippen molar-refractivity contribution in [2.45, 2.75) is 11.3 Å². The molecule has 5 nitrogen and oxygen atoms in total. The predicted octanol–water partition coefficient (Wildman–Crippen LogP) is 4.17. The van der Waals surface area contributed by atoms with Gasteiger partial charge in [-0.1, -0.05) is 42.5 Å². The Morgan fingerprint density at radius 3 is 2.50 bits per heavy atom. The summed E-state index contributed by atoms with van der Waals surface area (Å²) in [5, 5.41) is 16.5. The fourth-order valence-electron chi connectivity index (χ4n) is 2.78. The highest BCUT2D eigenvalue weighted by Crippen LogP contribution is 2.18. The molecule has 2 heterocycles. The number of aromatic nitrogens is 4. The monoisotopic (exact) mass is 361 g/mol. The molecule has 26 heavy (non-hydrogen) atoms. The van der Waals surface area contributed by atoms with E-state index in [1.165, 1.54) is 10.5 Å². The van der Waals surface area contributed by atoms with E-state index >= 15 is 0 Å². The summed E-state index contributed by atoms with van der Waals surface area (Å²) in [5.74, 6) is 1.56. The first-order chi connectivity index (χ1) is 12.8. The maximum Gasteiger partial charge on any atom is 0.185 e. The van der Waals surface area contributed by atoms with E-state index in [-0.39, 0.29) is 0 Å². The molecular formula is C20H19N5S. The first kappa shape index (κ1) is 16.6. The molecule has 0 aliphatic rings. The van der Waals surface area contributed by atoms with Crippen LogP contribution in [0.25, 0.3) is 17.0 Å². The van der Waals surface area contributed by atoms with Crippen molar-refractivity contribution in [2.24, 2.45) is 0 Å². The summed E-state index contributed by atoms with van der Waals surface area (Å²) in [5.41, 5.74) is 3.05. The topological polar surface area (TPSA) is 55.1 Å². The van der Waals surface area contributed by atoms with Gasteiger partial charge in [-0.15, -0.1) is 27.1 Å². The molecule has 0 saturated heterocycles. The minimum absolute atomic E-state index is 0.738. The molecule has 4 rings (SSSR count). The summed E-state index contributed by atoms with van der Waals surface area (Å²) >= 11 is 1.76. The molecule has 0 aliphatic heterocycles. The zero-order chi connectivity index (χ0) is 17.8. The molecule has 2 aromatic heterocycles. The third-order valence-corrected chi connectivity index (χ3v) is 4.92. The van der Waals surface area contributed by atoms with E-state index in [4.69, 9.17) is 0 Å². The van der Waals surface area contributed by atoms with E-state index in [1.54, 1.807) is 16.3 Å². The van der Waals surface area contributed by atoms with Crippen molar-refractivity contribution in [1.29, 1.82) is 0 Å². The van der Waals surface area contributed by atoms with Crippen molar-refractivity contribution in [2.75, 3.05) is 18.1 Å². The lowest BCUT2D eigenvalue weighted by Gasteiger charge is -2.07. The van der Waals surface area contributed by atoms with Crippen LogP contribution in [-0.2, 0) is 6.42 Å². The summed E-state index contributed by atoms with van der Waals surface area (Å²) in [6.07, 6.45) is 3.04. The van der Waals surface area contributed by atoms with Crippen LogP contribution in [0.2, 0.25) is 0 Å². The van der Waals surface area contributed by atoms with Crippen molar-refractivity contribution >= 4 is 23.2 Å². The molecule has 1 N–H and O–H groups in total. The maximum absolute atomic E-state index is 4.65. The van der Waals surface area contributed by atoms with Crippen molar-refractivity contribution in [3.63, 3.8) is 0 Å². The van der Waals surface area contributed by atoms with Crippen LogP contribution < -0.4 is 5.32 Å². The number of thioether (sulfide) groups is 1. The fourth-order valence-corrected chi connectivity index (χ4v) is 3.19. The highest BCUT2D eigenvalue weighted by atomic mass is 32.2. The molecule has 6 heteroatoms. The molecule has 0 spiro atoms. The van der Waals surface area contributed by atoms with Gasteiger partial charge in [0.05, 0.1) is 0 Å². The normalized spacial score (nSPS) is 11.0. The van der Waals surface area contributed by atoms with Gasteiger partial charge in [0.2, 0.25) is 0 Å². The minimum Gasteiger partial charge on any atom is -0.368 e. The Bertz CT molecular complexity index is 996. The van der Waals surface area contributed by atoms with E-state index < -0.39 is 0 Å². The third-order valence-electron chi connectivity index (χ3n) is 4.17. The standard InChI is InChI=1S/C20H19N5S/c1-26-17-9-7-15(8-10-17)13-14-21-18-11-12-19-22-23-20(25(19)24-18)16-5-3-2-4-6-16/h2-12H,13-14H2,1H3,(H,21,24). The van der Waals surface area contributed by atoms with Gasteiger partial charge in [0, 0.05) is 17.0 Å². The van der Waals surface area contributed by atoms with E-state index in [0.717, 1.165) is 35.8 Å². The van der Waals surface area contributed by atoms with E-state index in [9.17, 15) is 0 Å². The summed E-state index contributed by atoms with van der Waals surface area (Å²) in [6, 6.07) is 22.5. The van der Waals surface area contributed by atoms with Crippen LogP contribution in [0.1, 0.15) is 5.56 Å². The van der Waals surface area contributed by atoms with Gasteiger partial charge in [-0.2, -0.15) is 4.52 Å². The first-order valence-corrected chi connectivity index (χ1v) is 9.70. The van der Waals surface area contributed by atoms with Crippen LogP contribution in [0, 0.1) is 0 Å². The van der Waals surface area contributed by atoms with Crippen LogP contribution in [0.15, 0.2) is 71.6 Å². The Morgan fingerprint density at radius 1 is 0.923 bits per heavy atom. The average molecular weight is 361 g/mol. The van der Waals surface area contributed by atoms with Gasteiger partial charge in [0.25, 0.3) is 0 Å². The second-order valence-electron chi connectivity index (χ2n) is 5.90. The zero-order valence-corrected chi connectivity index (χ0v) is 15.3. The Hall–Kier alpha value is -2.86. The Balaban J connectivity index is 1.48. The Morgan fingerprint density at radius 2 is 1.73 bits per heavy atom. The van der Waals surface area contributed by atoms with E-state index in [2.05, 4.69) is 51.1 Å². The molecule has 0 unspecified atom stereocenters. The molecule has 0 fully saturated rings. The molecular weight excluding hydrogens is 342 g/mol. The third kappa shape index (κ3) is 3.55. The SMILES string of the molecule is CSc1ccc(CCNc2ccc3nnc(-c4ccccc4)n3n2)cc1. The van der Waals surface area contributed by atoms with E-state index in [0.29, 0.717) is 0 Å². The lowest BCUT2D eigenvalue weighted by atomic mass is 10.1. The van der Waals surface area contributed by atoms with Crippen LogP contribution in [0.4, 0.5) is 5.82 Å². The van der Waals surface area contributed by atoms with Gasteiger partial charge in [0.1, 0.15) is 5.82 Å². The second-order valence-corrected chi connectivity index (χ2v) is 6.78. The number of nitrogens with one attached hydrogen (secondary N) is 1. The largest absolute Gasteiger partial charge is 0.368 e. The number of benzene rings is 2. The number of nitrogens with zero attached hydrogens (tertiary/aromatic N) is 4. The number of fused-ring (bicyclic) bond motifs is 1. The lowest BCUT2D eigenvalue weighted by molar-refractivity contribution is 0.915. The van der Waals surface area contributed by atoms with Crippen LogP contribution >= 0.6 is 11.8 Å². The van der Waals surface area contributed by atoms with E-state index in [1.807, 2.05) is 42.5 Å². The Labute approximate surface area is 156 Å². The van der Waals surface area contributed by atoms with Gasteiger partial charge >= 0.3 is 0 Å². The van der Waals surface area contributed by atoms with Gasteiger partial charge in [-0.25, -0.2) is 0 Å². The van der Waals surface area contributed by atoms with Crippen LogP contribution in [0.5, 0.6) is 0 Å². The van der Waals surface area contributed by atoms with Crippen molar-refractivity contribution in [3.8, 4) is 11.4 Å². The molecule has 4 aromatic rings. The number of anilines is 1. The molecule has 0 bridgehead atoms. The minimum atomic E-state index is 0.738. The molecule has 2 aromatic carbocycles. The van der Waals surface area contributed by atoms with Crippen molar-refractivity contribution < 1.29 is 0 Å². The van der Waals surface area contributed by atoms with Gasteiger partial charge in [-0.3, -0.25) is 0 Å². The lowest BCUT2D eigenvalue weighted by Crippen LogP contribution is -2.08. The molecule has 130 valence electrons. The smallest absolute Gasteiger partial charge is 0.185 e. The number of hydrogen-bond donors (Lipinski definition) is 1. The number of hydrogen-bond acceptors (Lipinski definition) is 5. The van der Waals surface area contributed by atoms with Crippen LogP contribution in [0.3, 0.4) is 0 Å². The second kappa shape index (κ2) is 7.58. The number of rotatable bonds is 6. The summed E-state index contributed by atoms with van der Waals surface area (Å²) in [7, 11) is 0. The van der Waals surface area contributed by atoms with Gasteiger partial charge in [-0.05, 0) is 42.5 Å². The van der Waals surface area contributed by atoms with Crippen LogP contribution in [-0.4, -0.2) is 32.6 Å². The fraction of sp³-hybridized carbons (Fsp3) is 0.150. The molecule has 0 amide bonds. The molecule has 0 saturated carbocycles. The Kier molecular flexibility index (Phi) is 4.84. The predicted molar refractivity (Wildman–Crippen MR) is 107 cm³/mol. The maximum atomic E-state index is 4.65.